The number of allylic oxidation sites excluding steroid dienone is 5. The zero-order valence-corrected chi connectivity index (χ0v) is 23.7. The fraction of sp³-hybridized carbons (Fsp3) is 0.355. The third-order valence-electron chi connectivity index (χ3n) is 7.51. The standard InChI is InChI=1S/C31H31F2IN3O2/c32-25-9-5-23(6-10-25)30(24-7-11-26(33)12-8-24)36-31(38)27-13-14-29(37-15-17-39-18-16-37)34-19-28(27)22-3-1-21(20-35)2-4-22/h1-3,5-12,27,29-30H,4,13-19H2,(H,36,38)/q-1/b28-22-/t27-,29-/m1/s1. The molecule has 0 unspecified atom stereocenters. The van der Waals surface area contributed by atoms with E-state index in [1.165, 1.54) is 24.3 Å². The average Bonchev–Trinajstić information content (AvgIpc) is 3.21. The van der Waals surface area contributed by atoms with Gasteiger partial charge in [-0.1, -0.05) is 0 Å². The van der Waals surface area contributed by atoms with E-state index in [0.717, 1.165) is 65.8 Å². The van der Waals surface area contributed by atoms with E-state index in [4.69, 9.17) is 4.74 Å². The Kier molecular flexibility index (Phi) is 9.22. The Morgan fingerprint density at radius 3 is 2.21 bits per heavy atom. The van der Waals surface area contributed by atoms with Gasteiger partial charge in [-0.05, 0) is 0 Å². The minimum absolute atomic E-state index is 0.0776. The first kappa shape index (κ1) is 27.7. The monoisotopic (exact) mass is 642 g/mol. The van der Waals surface area contributed by atoms with Crippen molar-refractivity contribution in [2.45, 2.75) is 29.4 Å². The van der Waals surface area contributed by atoms with Crippen LogP contribution < -0.4 is 26.5 Å². The molecule has 5 rings (SSSR count). The van der Waals surface area contributed by atoms with Crippen LogP contribution in [0.15, 0.2) is 83.5 Å². The van der Waals surface area contributed by atoms with Crippen molar-refractivity contribution in [3.8, 4) is 6.07 Å². The van der Waals surface area contributed by atoms with Crippen LogP contribution in [0.3, 0.4) is 0 Å². The Morgan fingerprint density at radius 2 is 1.64 bits per heavy atom. The van der Waals surface area contributed by atoms with Crippen LogP contribution in [-0.2, 0) is 9.53 Å². The van der Waals surface area contributed by atoms with Gasteiger partial charge in [-0.15, -0.1) is 0 Å². The molecule has 2 heterocycles. The minimum atomic E-state index is -0.537. The number of carbonyl (C=O) groups is 1. The van der Waals surface area contributed by atoms with Gasteiger partial charge < -0.3 is 0 Å². The molecule has 5 nitrogen and oxygen atoms in total. The van der Waals surface area contributed by atoms with E-state index >= 15 is 0 Å². The summed E-state index contributed by atoms with van der Waals surface area (Å²) in [6, 6.07) is 13.8. The molecule has 2 aliphatic heterocycles. The Labute approximate surface area is 238 Å². The Morgan fingerprint density at radius 1 is 1.00 bits per heavy atom. The number of hydrogen-bond acceptors (Lipinski definition) is 4. The maximum absolute atomic E-state index is 14.1. The topological polar surface area (TPSA) is 65.4 Å². The number of ether oxygens (including phenoxy) is 1. The number of halogens is 3. The molecular formula is C31H31F2IN3O2-. The number of morpholine rings is 1. The summed E-state index contributed by atoms with van der Waals surface area (Å²) in [6.07, 6.45) is 8.09. The van der Waals surface area contributed by atoms with E-state index in [-0.39, 0.29) is 44.7 Å². The number of alkyl halides is 2. The molecule has 2 saturated heterocycles. The number of hydrogen-bond donors (Lipinski definition) is 1. The molecule has 1 N–H and O–H groups in total. The van der Waals surface area contributed by atoms with Crippen molar-refractivity contribution in [3.05, 3.63) is 106 Å². The number of amides is 1. The first-order valence-corrected chi connectivity index (χ1v) is 16.0. The molecule has 1 aliphatic carbocycles. The molecule has 2 aromatic carbocycles. The van der Waals surface area contributed by atoms with Gasteiger partial charge in [0.05, 0.1) is 0 Å². The molecule has 2 aromatic rings. The number of rotatable bonds is 5. The molecule has 39 heavy (non-hydrogen) atoms. The van der Waals surface area contributed by atoms with Crippen molar-refractivity contribution >= 4 is 5.91 Å². The molecule has 0 aromatic heterocycles. The van der Waals surface area contributed by atoms with Crippen molar-refractivity contribution in [3.63, 3.8) is 0 Å². The van der Waals surface area contributed by atoms with Gasteiger partial charge in [0.25, 0.3) is 0 Å². The van der Waals surface area contributed by atoms with E-state index in [9.17, 15) is 18.8 Å². The molecule has 8 heteroatoms. The van der Waals surface area contributed by atoms with Crippen LogP contribution in [0.25, 0.3) is 0 Å². The van der Waals surface area contributed by atoms with Crippen molar-refractivity contribution in [2.75, 3.05) is 30.7 Å². The fourth-order valence-corrected chi connectivity index (χ4v) is 9.26. The number of nitriles is 1. The van der Waals surface area contributed by atoms with E-state index in [2.05, 4.69) is 16.3 Å². The van der Waals surface area contributed by atoms with Crippen LogP contribution >= 0.6 is 0 Å². The average molecular weight is 643 g/mol. The Bertz CT molecular complexity index is 1260. The van der Waals surface area contributed by atoms with Gasteiger partial charge >= 0.3 is 239 Å². The third-order valence-corrected chi connectivity index (χ3v) is 11.2. The van der Waals surface area contributed by atoms with E-state index in [1.54, 1.807) is 24.3 Å². The third kappa shape index (κ3) is 6.83. The van der Waals surface area contributed by atoms with Crippen LogP contribution in [0, 0.1) is 28.9 Å². The predicted octanol–water partition coefficient (Wildman–Crippen LogP) is 2.03. The van der Waals surface area contributed by atoms with Crippen molar-refractivity contribution < 1.29 is 39.5 Å². The van der Waals surface area contributed by atoms with Gasteiger partial charge in [0.2, 0.25) is 0 Å². The van der Waals surface area contributed by atoms with Gasteiger partial charge in [-0.25, -0.2) is 0 Å². The van der Waals surface area contributed by atoms with Crippen LogP contribution in [0.1, 0.15) is 36.4 Å². The molecule has 0 radical (unpaired) electrons. The Hall–Kier alpha value is -2.87. The SMILES string of the molecule is N#CC1=CC/C(=C2/C[I-][C@H](N3CCOCC3)CC[C@H]2C(=O)NC(c2ccc(F)cc2)c2ccc(F)cc2)C=C1. The van der Waals surface area contributed by atoms with Gasteiger partial charge in [0.1, 0.15) is 0 Å². The molecule has 1 amide bonds. The number of nitrogens with one attached hydrogen (secondary N) is 1. The van der Waals surface area contributed by atoms with Crippen molar-refractivity contribution in [1.29, 1.82) is 5.26 Å². The Balaban J connectivity index is 1.45. The molecule has 2 atom stereocenters. The normalized spacial score (nSPS) is 24.3. The van der Waals surface area contributed by atoms with Crippen LogP contribution in [0.5, 0.6) is 0 Å². The van der Waals surface area contributed by atoms with Crippen LogP contribution in [0.2, 0.25) is 0 Å². The molecular weight excluding hydrogens is 611 g/mol. The quantitative estimate of drug-likeness (QED) is 0.308. The summed E-state index contributed by atoms with van der Waals surface area (Å²) in [5.74, 6) is -1.10. The summed E-state index contributed by atoms with van der Waals surface area (Å²) in [5.41, 5.74) is 4.39. The van der Waals surface area contributed by atoms with Gasteiger partial charge in [0.15, 0.2) is 0 Å². The summed E-state index contributed by atoms with van der Waals surface area (Å²) >= 11 is -0.227. The van der Waals surface area contributed by atoms with Gasteiger partial charge in [-0.2, -0.15) is 0 Å². The zero-order valence-electron chi connectivity index (χ0n) is 21.6. The van der Waals surface area contributed by atoms with E-state index in [1.807, 2.05) is 18.2 Å². The summed E-state index contributed by atoms with van der Waals surface area (Å²) in [5, 5.41) is 12.5. The van der Waals surface area contributed by atoms with Crippen molar-refractivity contribution in [2.24, 2.45) is 5.92 Å². The number of carbonyl (C=O) groups excluding carboxylic acids is 1. The predicted molar refractivity (Wildman–Crippen MR) is 141 cm³/mol. The summed E-state index contributed by atoms with van der Waals surface area (Å²) < 4.78 is 34.4. The zero-order chi connectivity index (χ0) is 27.2. The molecule has 0 spiro atoms. The summed E-state index contributed by atoms with van der Waals surface area (Å²) in [4.78, 5) is 16.6. The van der Waals surface area contributed by atoms with Gasteiger partial charge in [-0.3, -0.25) is 0 Å². The molecule has 2 fully saturated rings. The first-order valence-electron chi connectivity index (χ1n) is 13.2. The maximum atomic E-state index is 14.1. The van der Waals surface area contributed by atoms with E-state index in [0.29, 0.717) is 16.0 Å². The van der Waals surface area contributed by atoms with Crippen LogP contribution in [0.4, 0.5) is 8.78 Å². The number of nitrogens with zero attached hydrogens (tertiary/aromatic N) is 2. The number of benzene rings is 2. The second kappa shape index (κ2) is 13.0. The molecule has 0 saturated carbocycles. The molecule has 3 aliphatic rings. The molecule has 204 valence electrons. The summed E-state index contributed by atoms with van der Waals surface area (Å²) in [6.45, 7) is 3.36. The molecule has 0 bridgehead atoms. The summed E-state index contributed by atoms with van der Waals surface area (Å²) in [7, 11) is 0. The van der Waals surface area contributed by atoms with Gasteiger partial charge in [0, 0.05) is 0 Å². The van der Waals surface area contributed by atoms with Crippen molar-refractivity contribution in [1.82, 2.24) is 10.2 Å². The van der Waals surface area contributed by atoms with E-state index < -0.39 is 6.04 Å². The fourth-order valence-electron chi connectivity index (χ4n) is 5.34. The second-order valence-corrected chi connectivity index (χ2v) is 13.0. The second-order valence-electron chi connectivity index (χ2n) is 9.90. The first-order chi connectivity index (χ1) is 19.0. The van der Waals surface area contributed by atoms with Crippen LogP contribution in [-0.4, -0.2) is 45.6 Å².